The van der Waals surface area contributed by atoms with Crippen LogP contribution in [0.25, 0.3) is 5.76 Å². The molecule has 0 spiro atoms. The number of Topliss-reactive ketones (excluding diaryl/α,β-unsaturated/α-hetero) is 1. The van der Waals surface area contributed by atoms with Crippen LogP contribution in [0.15, 0.2) is 48.0 Å². The highest BCUT2D eigenvalue weighted by Gasteiger charge is 2.45. The Morgan fingerprint density at radius 3 is 2.36 bits per heavy atom. The zero-order valence-electron chi connectivity index (χ0n) is 21.9. The number of benzene rings is 2. The molecule has 1 aliphatic heterocycles. The number of nitrogens with zero attached hydrogens (tertiary/aromatic N) is 1. The predicted octanol–water partition coefficient (Wildman–Crippen LogP) is 6.27. The maximum atomic E-state index is 13.3. The molecule has 6 nitrogen and oxygen atoms in total. The molecule has 1 saturated heterocycles. The van der Waals surface area contributed by atoms with Gasteiger partial charge in [0.15, 0.2) is 0 Å². The zero-order chi connectivity index (χ0) is 26.6. The van der Waals surface area contributed by atoms with Crippen molar-refractivity contribution in [2.45, 2.75) is 65.5 Å². The van der Waals surface area contributed by atoms with Crippen LogP contribution in [0, 0.1) is 0 Å². The highest BCUT2D eigenvalue weighted by atomic mass is 35.5. The van der Waals surface area contributed by atoms with Gasteiger partial charge in [-0.25, -0.2) is 0 Å². The van der Waals surface area contributed by atoms with E-state index in [1.807, 2.05) is 45.0 Å². The molecule has 0 radical (unpaired) electrons. The van der Waals surface area contributed by atoms with Gasteiger partial charge in [-0.2, -0.15) is 0 Å². The molecule has 1 heterocycles. The largest absolute Gasteiger partial charge is 0.507 e. The summed E-state index contributed by atoms with van der Waals surface area (Å²) in [7, 11) is 0. The number of hydrogen-bond acceptors (Lipinski definition) is 5. The predicted molar refractivity (Wildman–Crippen MR) is 142 cm³/mol. The molecule has 1 unspecified atom stereocenters. The first-order chi connectivity index (χ1) is 17.0. The minimum Gasteiger partial charge on any atom is -0.507 e. The minimum absolute atomic E-state index is 0.0481. The molecule has 0 bridgehead atoms. The number of ether oxygens (including phenoxy) is 2. The zero-order valence-corrected chi connectivity index (χ0v) is 22.7. The SMILES string of the molecule is CCOc1cc(/C(O)=C2/C(=O)C(=O)N(CCCOC(C)C)C2c2ccc(C(C)(C)C)cc2)ccc1Cl. The molecule has 0 saturated carbocycles. The average Bonchev–Trinajstić information content (AvgIpc) is 3.07. The summed E-state index contributed by atoms with van der Waals surface area (Å²) in [5.74, 6) is -1.20. The first-order valence-electron chi connectivity index (χ1n) is 12.4. The number of carbonyl (C=O) groups is 2. The second-order valence-electron chi connectivity index (χ2n) is 10.2. The maximum absolute atomic E-state index is 13.3. The van der Waals surface area contributed by atoms with Gasteiger partial charge in [-0.05, 0) is 61.9 Å². The molecule has 194 valence electrons. The van der Waals surface area contributed by atoms with Gasteiger partial charge in [0.1, 0.15) is 11.5 Å². The lowest BCUT2D eigenvalue weighted by molar-refractivity contribution is -0.140. The molecule has 1 aliphatic rings. The van der Waals surface area contributed by atoms with Crippen LogP contribution in [-0.2, 0) is 19.7 Å². The Kier molecular flexibility index (Phi) is 8.85. The minimum atomic E-state index is -0.718. The lowest BCUT2D eigenvalue weighted by Gasteiger charge is -2.26. The van der Waals surface area contributed by atoms with Crippen LogP contribution in [0.1, 0.15) is 70.7 Å². The van der Waals surface area contributed by atoms with Crippen LogP contribution in [0.3, 0.4) is 0 Å². The summed E-state index contributed by atoms with van der Waals surface area (Å²) < 4.78 is 11.2. The van der Waals surface area contributed by atoms with Crippen molar-refractivity contribution in [2.75, 3.05) is 19.8 Å². The molecule has 1 atom stereocenters. The number of ketones is 1. The fraction of sp³-hybridized carbons (Fsp3) is 0.448. The molecule has 3 rings (SSSR count). The summed E-state index contributed by atoms with van der Waals surface area (Å²) >= 11 is 6.22. The second kappa shape index (κ2) is 11.5. The topological polar surface area (TPSA) is 76.1 Å². The second-order valence-corrected chi connectivity index (χ2v) is 10.6. The van der Waals surface area contributed by atoms with Crippen molar-refractivity contribution < 1.29 is 24.2 Å². The maximum Gasteiger partial charge on any atom is 0.295 e. The average molecular weight is 514 g/mol. The van der Waals surface area contributed by atoms with E-state index in [0.717, 1.165) is 11.1 Å². The van der Waals surface area contributed by atoms with Crippen molar-refractivity contribution >= 4 is 29.1 Å². The van der Waals surface area contributed by atoms with Gasteiger partial charge in [-0.1, -0.05) is 56.6 Å². The van der Waals surface area contributed by atoms with E-state index in [0.29, 0.717) is 42.5 Å². The highest BCUT2D eigenvalue weighted by Crippen LogP contribution is 2.41. The number of likely N-dealkylation sites (tertiary alicyclic amines) is 1. The van der Waals surface area contributed by atoms with E-state index in [2.05, 4.69) is 20.8 Å². The number of halogens is 1. The Morgan fingerprint density at radius 2 is 1.78 bits per heavy atom. The smallest absolute Gasteiger partial charge is 0.295 e. The van der Waals surface area contributed by atoms with Crippen molar-refractivity contribution in [2.24, 2.45) is 0 Å². The third-order valence-corrected chi connectivity index (χ3v) is 6.44. The molecule has 2 aromatic carbocycles. The molecule has 1 amide bonds. The van der Waals surface area contributed by atoms with Gasteiger partial charge < -0.3 is 19.5 Å². The summed E-state index contributed by atoms with van der Waals surface area (Å²) in [6, 6.07) is 12.0. The number of amides is 1. The number of aliphatic hydroxyl groups is 1. The van der Waals surface area contributed by atoms with Gasteiger partial charge in [0.2, 0.25) is 0 Å². The van der Waals surface area contributed by atoms with E-state index in [4.69, 9.17) is 21.1 Å². The van der Waals surface area contributed by atoms with Crippen LogP contribution < -0.4 is 4.74 Å². The highest BCUT2D eigenvalue weighted by molar-refractivity contribution is 6.46. The number of rotatable bonds is 9. The Balaban J connectivity index is 2.08. The number of hydrogen-bond donors (Lipinski definition) is 1. The van der Waals surface area contributed by atoms with Gasteiger partial charge in [0, 0.05) is 18.7 Å². The summed E-state index contributed by atoms with van der Waals surface area (Å²) in [5, 5.41) is 11.7. The van der Waals surface area contributed by atoms with Gasteiger partial charge in [-0.15, -0.1) is 0 Å². The van der Waals surface area contributed by atoms with Crippen LogP contribution >= 0.6 is 11.6 Å². The van der Waals surface area contributed by atoms with Gasteiger partial charge >= 0.3 is 0 Å². The molecule has 7 heteroatoms. The van der Waals surface area contributed by atoms with Crippen LogP contribution in [0.4, 0.5) is 0 Å². The normalized spacial score (nSPS) is 17.8. The molecule has 36 heavy (non-hydrogen) atoms. The lowest BCUT2D eigenvalue weighted by Crippen LogP contribution is -2.31. The van der Waals surface area contributed by atoms with Crippen LogP contribution in [0.5, 0.6) is 5.75 Å². The standard InChI is InChI=1S/C29H36ClNO5/c1-7-35-23-17-20(11-14-22(23)30)26(32)24-25(19-9-12-21(13-10-19)29(4,5)6)31(28(34)27(24)33)15-8-16-36-18(2)3/h9-14,17-18,25,32H,7-8,15-16H2,1-6H3/b26-24-. The van der Waals surface area contributed by atoms with E-state index in [1.54, 1.807) is 18.2 Å². The van der Waals surface area contributed by atoms with Crippen molar-refractivity contribution in [1.82, 2.24) is 4.90 Å². The fourth-order valence-corrected chi connectivity index (χ4v) is 4.42. The van der Waals surface area contributed by atoms with E-state index < -0.39 is 17.7 Å². The molecular formula is C29H36ClNO5. The monoisotopic (exact) mass is 513 g/mol. The van der Waals surface area contributed by atoms with Crippen molar-refractivity contribution in [3.8, 4) is 5.75 Å². The van der Waals surface area contributed by atoms with E-state index >= 15 is 0 Å². The number of aliphatic hydroxyl groups excluding tert-OH is 1. The van der Waals surface area contributed by atoms with E-state index in [-0.39, 0.29) is 22.9 Å². The quantitative estimate of drug-likeness (QED) is 0.185. The lowest BCUT2D eigenvalue weighted by atomic mass is 9.85. The van der Waals surface area contributed by atoms with Gasteiger partial charge in [0.25, 0.3) is 11.7 Å². The first kappa shape index (κ1) is 27.8. The van der Waals surface area contributed by atoms with Gasteiger partial charge in [-0.3, -0.25) is 9.59 Å². The van der Waals surface area contributed by atoms with Crippen molar-refractivity contribution in [3.63, 3.8) is 0 Å². The van der Waals surface area contributed by atoms with E-state index in [9.17, 15) is 14.7 Å². The van der Waals surface area contributed by atoms with Crippen molar-refractivity contribution in [3.05, 3.63) is 69.8 Å². The fourth-order valence-electron chi connectivity index (χ4n) is 4.25. The summed E-state index contributed by atoms with van der Waals surface area (Å²) in [4.78, 5) is 27.9. The van der Waals surface area contributed by atoms with Gasteiger partial charge in [0.05, 0.1) is 29.3 Å². The van der Waals surface area contributed by atoms with E-state index in [1.165, 1.54) is 4.90 Å². The Hall–Kier alpha value is -2.83. The molecule has 2 aromatic rings. The third-order valence-electron chi connectivity index (χ3n) is 6.13. The third kappa shape index (κ3) is 6.11. The number of carbonyl (C=O) groups excluding carboxylic acids is 2. The molecular weight excluding hydrogens is 478 g/mol. The molecule has 0 aromatic heterocycles. The van der Waals surface area contributed by atoms with Crippen molar-refractivity contribution in [1.29, 1.82) is 0 Å². The molecule has 1 fully saturated rings. The summed E-state index contributed by atoms with van der Waals surface area (Å²) in [6.45, 7) is 13.3. The Labute approximate surface area is 218 Å². The summed E-state index contributed by atoms with van der Waals surface area (Å²) in [6.07, 6.45) is 0.641. The first-order valence-corrected chi connectivity index (χ1v) is 12.8. The Bertz CT molecular complexity index is 1130. The Morgan fingerprint density at radius 1 is 1.11 bits per heavy atom. The van der Waals surface area contributed by atoms with Crippen LogP contribution in [0.2, 0.25) is 5.02 Å². The van der Waals surface area contributed by atoms with Crippen LogP contribution in [-0.4, -0.2) is 47.6 Å². The summed E-state index contributed by atoms with van der Waals surface area (Å²) in [5.41, 5.74) is 2.26. The molecule has 1 N–H and O–H groups in total. The molecule has 0 aliphatic carbocycles.